The molecule has 1 aromatic rings. The summed E-state index contributed by atoms with van der Waals surface area (Å²) in [6.45, 7) is 0. The number of benzene rings is 1. The molecule has 3 nitrogen and oxygen atoms in total. The molecule has 0 saturated heterocycles. The maximum Gasteiger partial charge on any atom is 0.492 e. The molecule has 0 aromatic heterocycles. The van der Waals surface area contributed by atoms with Gasteiger partial charge in [0.05, 0.1) is 7.11 Å². The maximum atomic E-state index is 9.33. The lowest BCUT2D eigenvalue weighted by atomic mass is 9.79. The molecule has 2 rings (SSSR count). The normalized spacial score (nSPS) is 15.7. The van der Waals surface area contributed by atoms with Gasteiger partial charge >= 0.3 is 7.12 Å². The molecule has 1 aromatic carbocycles. The van der Waals surface area contributed by atoms with Gasteiger partial charge in [-0.15, -0.1) is 0 Å². The van der Waals surface area contributed by atoms with Crippen molar-refractivity contribution in [2.24, 2.45) is 5.92 Å². The minimum Gasteiger partial charge on any atom is -0.497 e. The van der Waals surface area contributed by atoms with Gasteiger partial charge in [0, 0.05) is 11.2 Å². The summed E-state index contributed by atoms with van der Waals surface area (Å²) in [5, 5.41) is 18.7. The van der Waals surface area contributed by atoms with Crippen LogP contribution >= 0.6 is 11.8 Å². The molecule has 2 N–H and O–H groups in total. The first kappa shape index (κ1) is 14.8. The van der Waals surface area contributed by atoms with E-state index in [9.17, 15) is 10.0 Å². The van der Waals surface area contributed by atoms with E-state index in [-0.39, 0.29) is 0 Å². The van der Waals surface area contributed by atoms with Crippen LogP contribution in [0, 0.1) is 5.92 Å². The van der Waals surface area contributed by atoms with E-state index in [1.54, 1.807) is 6.07 Å². The second-order valence-corrected chi connectivity index (χ2v) is 6.15. The van der Waals surface area contributed by atoms with Crippen molar-refractivity contribution in [1.29, 1.82) is 0 Å². The molecule has 104 valence electrons. The third kappa shape index (κ3) is 4.16. The zero-order valence-electron chi connectivity index (χ0n) is 11.3. The third-order valence-electron chi connectivity index (χ3n) is 3.67. The molecule has 0 amide bonds. The Kier molecular flexibility index (Phi) is 5.61. The lowest BCUT2D eigenvalue weighted by Crippen LogP contribution is -2.31. The zero-order chi connectivity index (χ0) is 13.7. The Hall–Kier alpha value is -0.645. The van der Waals surface area contributed by atoms with Crippen LogP contribution in [0.25, 0.3) is 0 Å². The summed E-state index contributed by atoms with van der Waals surface area (Å²) in [5.74, 6) is 3.54. The Bertz CT molecular complexity index is 406. The van der Waals surface area contributed by atoms with E-state index in [0.717, 1.165) is 17.2 Å². The van der Waals surface area contributed by atoms with Crippen LogP contribution in [0.5, 0.6) is 5.75 Å². The summed E-state index contributed by atoms with van der Waals surface area (Å²) in [7, 11) is 0.0603. The highest BCUT2D eigenvalue weighted by Crippen LogP contribution is 2.29. The molecule has 0 atom stereocenters. The fraction of sp³-hybridized carbons (Fsp3) is 0.571. The van der Waals surface area contributed by atoms with Crippen molar-refractivity contribution in [2.45, 2.75) is 31.4 Å². The molecule has 5 heteroatoms. The first-order valence-corrected chi connectivity index (χ1v) is 7.97. The van der Waals surface area contributed by atoms with E-state index in [4.69, 9.17) is 4.74 Å². The first-order valence-electron chi connectivity index (χ1n) is 6.81. The van der Waals surface area contributed by atoms with Crippen LogP contribution < -0.4 is 10.2 Å². The lowest BCUT2D eigenvalue weighted by molar-refractivity contribution is 0.403. The molecule has 1 fully saturated rings. The van der Waals surface area contributed by atoms with Crippen LogP contribution in [-0.2, 0) is 5.75 Å². The summed E-state index contributed by atoms with van der Waals surface area (Å²) >= 11 is 1.93. The van der Waals surface area contributed by atoms with Gasteiger partial charge in [0.1, 0.15) is 5.75 Å². The van der Waals surface area contributed by atoms with Gasteiger partial charge in [0.25, 0.3) is 0 Å². The highest BCUT2D eigenvalue weighted by molar-refractivity contribution is 7.98. The second kappa shape index (κ2) is 7.22. The summed E-state index contributed by atoms with van der Waals surface area (Å²) in [6.07, 6.45) is 5.51. The Labute approximate surface area is 119 Å². The van der Waals surface area contributed by atoms with Gasteiger partial charge in [0.15, 0.2) is 0 Å². The van der Waals surface area contributed by atoms with Crippen LogP contribution in [0.3, 0.4) is 0 Å². The van der Waals surface area contributed by atoms with Crippen LogP contribution in [0.15, 0.2) is 18.2 Å². The summed E-state index contributed by atoms with van der Waals surface area (Å²) < 4.78 is 5.12. The van der Waals surface area contributed by atoms with Crippen molar-refractivity contribution in [3.8, 4) is 5.75 Å². The molecule has 1 aliphatic rings. The summed E-state index contributed by atoms with van der Waals surface area (Å²) in [6, 6.07) is 5.62. The topological polar surface area (TPSA) is 49.7 Å². The number of methoxy groups -OCH3 is 1. The zero-order valence-corrected chi connectivity index (χ0v) is 12.2. The van der Waals surface area contributed by atoms with E-state index in [1.807, 2.05) is 23.9 Å². The Morgan fingerprint density at radius 2 is 2.05 bits per heavy atom. The monoisotopic (exact) mass is 280 g/mol. The maximum absolute atomic E-state index is 9.33. The molecule has 0 radical (unpaired) electrons. The quantitative estimate of drug-likeness (QED) is 0.780. The SMILES string of the molecule is COc1ccc(CSCC2CCCC2)cc1B(O)O. The number of ether oxygens (including phenoxy) is 1. The van der Waals surface area contributed by atoms with Crippen molar-refractivity contribution in [3.05, 3.63) is 23.8 Å². The Morgan fingerprint density at radius 1 is 1.32 bits per heavy atom. The van der Waals surface area contributed by atoms with Crippen LogP contribution in [0.1, 0.15) is 31.2 Å². The largest absolute Gasteiger partial charge is 0.497 e. The summed E-state index contributed by atoms with van der Waals surface area (Å²) in [4.78, 5) is 0. The molecule has 1 aliphatic carbocycles. The molecule has 0 aliphatic heterocycles. The molecular weight excluding hydrogens is 259 g/mol. The van der Waals surface area contributed by atoms with Gasteiger partial charge in [0.2, 0.25) is 0 Å². The van der Waals surface area contributed by atoms with E-state index >= 15 is 0 Å². The predicted octanol–water partition coefficient (Wildman–Crippen LogP) is 1.80. The van der Waals surface area contributed by atoms with Gasteiger partial charge in [-0.3, -0.25) is 0 Å². The van der Waals surface area contributed by atoms with Gasteiger partial charge < -0.3 is 14.8 Å². The van der Waals surface area contributed by atoms with E-state index in [1.165, 1.54) is 38.5 Å². The van der Waals surface area contributed by atoms with Gasteiger partial charge in [-0.25, -0.2) is 0 Å². The van der Waals surface area contributed by atoms with Crippen LogP contribution in [0.4, 0.5) is 0 Å². The first-order chi connectivity index (χ1) is 9.20. The molecule has 1 saturated carbocycles. The highest BCUT2D eigenvalue weighted by Gasteiger charge is 2.18. The van der Waals surface area contributed by atoms with E-state index < -0.39 is 7.12 Å². The molecule has 0 heterocycles. The smallest absolute Gasteiger partial charge is 0.492 e. The van der Waals surface area contributed by atoms with Crippen molar-refractivity contribution in [3.63, 3.8) is 0 Å². The molecule has 0 bridgehead atoms. The van der Waals surface area contributed by atoms with Crippen LogP contribution in [-0.4, -0.2) is 30.0 Å². The second-order valence-electron chi connectivity index (χ2n) is 5.12. The number of hydrogen-bond acceptors (Lipinski definition) is 4. The fourth-order valence-electron chi connectivity index (χ4n) is 2.60. The van der Waals surface area contributed by atoms with Crippen molar-refractivity contribution in [1.82, 2.24) is 0 Å². The standard InChI is InChI=1S/C14H21BO3S/c1-18-14-7-6-12(8-13(14)15(16)17)10-19-9-11-4-2-3-5-11/h6-8,11,16-17H,2-5,9-10H2,1H3. The fourth-order valence-corrected chi connectivity index (χ4v) is 3.80. The van der Waals surface area contributed by atoms with Gasteiger partial charge in [-0.1, -0.05) is 25.0 Å². The number of rotatable bonds is 6. The number of thioether (sulfide) groups is 1. The third-order valence-corrected chi connectivity index (χ3v) is 4.91. The van der Waals surface area contributed by atoms with Crippen molar-refractivity contribution in [2.75, 3.05) is 12.9 Å². The average molecular weight is 280 g/mol. The number of hydrogen-bond donors (Lipinski definition) is 2. The average Bonchev–Trinajstić information content (AvgIpc) is 2.91. The minimum absolute atomic E-state index is 0.446. The molecule has 0 unspecified atom stereocenters. The molecular formula is C14H21BO3S. The Morgan fingerprint density at radius 3 is 2.68 bits per heavy atom. The van der Waals surface area contributed by atoms with Gasteiger partial charge in [-0.2, -0.15) is 11.8 Å². The summed E-state index contributed by atoms with van der Waals surface area (Å²) in [5.41, 5.74) is 1.56. The van der Waals surface area contributed by atoms with Crippen LogP contribution in [0.2, 0.25) is 0 Å². The molecule has 0 spiro atoms. The minimum atomic E-state index is -1.48. The van der Waals surface area contributed by atoms with Crippen molar-refractivity contribution < 1.29 is 14.8 Å². The van der Waals surface area contributed by atoms with Crippen molar-refractivity contribution >= 4 is 24.3 Å². The lowest BCUT2D eigenvalue weighted by Gasteiger charge is -2.11. The molecule has 19 heavy (non-hydrogen) atoms. The predicted molar refractivity (Wildman–Crippen MR) is 80.9 cm³/mol. The van der Waals surface area contributed by atoms with Gasteiger partial charge in [-0.05, 0) is 36.1 Å². The highest BCUT2D eigenvalue weighted by atomic mass is 32.2. The Balaban J connectivity index is 1.90. The van der Waals surface area contributed by atoms with E-state index in [0.29, 0.717) is 11.2 Å². The van der Waals surface area contributed by atoms with E-state index in [2.05, 4.69) is 0 Å².